The van der Waals surface area contributed by atoms with Gasteiger partial charge < -0.3 is 25.2 Å². The SMILES string of the molecule is O=C(CCCc1nc2ccccc2c(=O)[nH]1)N[C@H](Cc1c[nH]c2ccccc12)C(=O)[O-]. The van der Waals surface area contributed by atoms with Gasteiger partial charge in [-0.05, 0) is 30.2 Å². The van der Waals surface area contributed by atoms with E-state index < -0.39 is 17.9 Å². The Hall–Kier alpha value is -3.94. The number of carboxylic acid groups (broad SMARTS) is 1. The van der Waals surface area contributed by atoms with E-state index in [2.05, 4.69) is 20.3 Å². The maximum Gasteiger partial charge on any atom is 0.258 e. The van der Waals surface area contributed by atoms with Gasteiger partial charge in [0.1, 0.15) is 5.82 Å². The van der Waals surface area contributed by atoms with E-state index in [0.29, 0.717) is 29.6 Å². The van der Waals surface area contributed by atoms with Crippen molar-refractivity contribution in [3.63, 3.8) is 0 Å². The highest BCUT2D eigenvalue weighted by Crippen LogP contribution is 2.19. The first kappa shape index (κ1) is 20.3. The lowest BCUT2D eigenvalue weighted by Crippen LogP contribution is -2.49. The molecule has 0 bridgehead atoms. The maximum atomic E-state index is 12.3. The van der Waals surface area contributed by atoms with Gasteiger partial charge in [0, 0.05) is 36.4 Å². The van der Waals surface area contributed by atoms with Crippen molar-refractivity contribution in [1.29, 1.82) is 0 Å². The second-order valence-electron chi connectivity index (χ2n) is 7.39. The van der Waals surface area contributed by atoms with Crippen LogP contribution in [0.1, 0.15) is 24.2 Å². The fourth-order valence-corrected chi connectivity index (χ4v) is 3.65. The number of aryl methyl sites for hydroxylation is 1. The minimum absolute atomic E-state index is 0.105. The molecule has 0 spiro atoms. The normalized spacial score (nSPS) is 12.1. The molecule has 31 heavy (non-hydrogen) atoms. The third-order valence-electron chi connectivity index (χ3n) is 5.20. The molecular weight excluding hydrogens is 396 g/mol. The summed E-state index contributed by atoms with van der Waals surface area (Å²) in [4.78, 5) is 46.2. The highest BCUT2D eigenvalue weighted by molar-refractivity contribution is 5.86. The van der Waals surface area contributed by atoms with Gasteiger partial charge in [-0.2, -0.15) is 0 Å². The molecule has 0 radical (unpaired) electrons. The lowest BCUT2D eigenvalue weighted by atomic mass is 10.0. The van der Waals surface area contributed by atoms with Crippen molar-refractivity contribution in [2.24, 2.45) is 0 Å². The number of amides is 1. The van der Waals surface area contributed by atoms with Gasteiger partial charge in [0.2, 0.25) is 5.91 Å². The lowest BCUT2D eigenvalue weighted by molar-refractivity contribution is -0.308. The van der Waals surface area contributed by atoms with E-state index >= 15 is 0 Å². The Morgan fingerprint density at radius 1 is 1.06 bits per heavy atom. The third kappa shape index (κ3) is 4.63. The number of carboxylic acids is 1. The number of aromatic amines is 2. The van der Waals surface area contributed by atoms with Crippen molar-refractivity contribution in [1.82, 2.24) is 20.3 Å². The molecule has 2 aromatic heterocycles. The monoisotopic (exact) mass is 417 g/mol. The van der Waals surface area contributed by atoms with Crippen molar-refractivity contribution < 1.29 is 14.7 Å². The molecule has 4 aromatic rings. The maximum absolute atomic E-state index is 12.3. The molecule has 1 amide bonds. The van der Waals surface area contributed by atoms with E-state index in [1.54, 1.807) is 30.5 Å². The Morgan fingerprint density at radius 3 is 2.61 bits per heavy atom. The first-order valence-electron chi connectivity index (χ1n) is 10.0. The lowest BCUT2D eigenvalue weighted by Gasteiger charge is -2.19. The van der Waals surface area contributed by atoms with Crippen molar-refractivity contribution in [3.8, 4) is 0 Å². The van der Waals surface area contributed by atoms with E-state index in [-0.39, 0.29) is 18.4 Å². The molecule has 0 unspecified atom stereocenters. The molecular formula is C23H21N4O4-. The molecule has 3 N–H and O–H groups in total. The summed E-state index contributed by atoms with van der Waals surface area (Å²) >= 11 is 0. The van der Waals surface area contributed by atoms with E-state index in [1.807, 2.05) is 24.3 Å². The Kier molecular flexibility index (Phi) is 5.79. The van der Waals surface area contributed by atoms with Crippen LogP contribution in [-0.4, -0.2) is 32.9 Å². The molecule has 0 aliphatic rings. The van der Waals surface area contributed by atoms with Crippen molar-refractivity contribution >= 4 is 33.7 Å². The van der Waals surface area contributed by atoms with Gasteiger partial charge in [-0.3, -0.25) is 9.59 Å². The number of fused-ring (bicyclic) bond motifs is 2. The first-order chi connectivity index (χ1) is 15.0. The van der Waals surface area contributed by atoms with Gasteiger partial charge in [-0.15, -0.1) is 0 Å². The molecule has 0 aliphatic heterocycles. The van der Waals surface area contributed by atoms with Crippen LogP contribution in [0.4, 0.5) is 0 Å². The minimum atomic E-state index is -1.33. The van der Waals surface area contributed by atoms with Gasteiger partial charge in [-0.25, -0.2) is 4.98 Å². The summed E-state index contributed by atoms with van der Waals surface area (Å²) in [6.45, 7) is 0. The first-order valence-corrected chi connectivity index (χ1v) is 10.0. The zero-order chi connectivity index (χ0) is 21.8. The summed E-state index contributed by atoms with van der Waals surface area (Å²) in [7, 11) is 0. The number of para-hydroxylation sites is 2. The average molecular weight is 417 g/mol. The van der Waals surface area contributed by atoms with Crippen LogP contribution in [-0.2, 0) is 22.4 Å². The molecule has 0 aliphatic carbocycles. The van der Waals surface area contributed by atoms with E-state index in [0.717, 1.165) is 16.5 Å². The number of carbonyl (C=O) groups is 2. The number of hydrogen-bond donors (Lipinski definition) is 3. The quantitative estimate of drug-likeness (QED) is 0.397. The van der Waals surface area contributed by atoms with Crippen LogP contribution >= 0.6 is 0 Å². The largest absolute Gasteiger partial charge is 0.548 e. The van der Waals surface area contributed by atoms with Gasteiger partial charge in [0.25, 0.3) is 5.56 Å². The molecule has 0 fully saturated rings. The molecule has 0 saturated carbocycles. The third-order valence-corrected chi connectivity index (χ3v) is 5.20. The predicted molar refractivity (Wildman–Crippen MR) is 114 cm³/mol. The molecule has 0 saturated heterocycles. The van der Waals surface area contributed by atoms with Gasteiger partial charge in [0.15, 0.2) is 0 Å². The fraction of sp³-hybridized carbons (Fsp3) is 0.217. The fourth-order valence-electron chi connectivity index (χ4n) is 3.65. The number of nitrogens with zero attached hydrogens (tertiary/aromatic N) is 1. The Bertz CT molecular complexity index is 1310. The summed E-state index contributed by atoms with van der Waals surface area (Å²) in [5.74, 6) is -1.23. The summed E-state index contributed by atoms with van der Waals surface area (Å²) in [5.41, 5.74) is 2.07. The predicted octanol–water partition coefficient (Wildman–Crippen LogP) is 1.20. The van der Waals surface area contributed by atoms with Gasteiger partial charge in [-0.1, -0.05) is 30.3 Å². The van der Waals surface area contributed by atoms with E-state index in [4.69, 9.17) is 0 Å². The van der Waals surface area contributed by atoms with E-state index in [1.165, 1.54) is 0 Å². The van der Waals surface area contributed by atoms with Gasteiger partial charge >= 0.3 is 0 Å². The molecule has 2 heterocycles. The van der Waals surface area contributed by atoms with Crippen LogP contribution in [0.15, 0.2) is 59.5 Å². The summed E-state index contributed by atoms with van der Waals surface area (Å²) in [6, 6.07) is 13.5. The van der Waals surface area contributed by atoms with Crippen LogP contribution in [0.25, 0.3) is 21.8 Å². The van der Waals surface area contributed by atoms with Crippen LogP contribution in [0, 0.1) is 0 Å². The number of carbonyl (C=O) groups excluding carboxylic acids is 2. The number of nitrogens with one attached hydrogen (secondary N) is 3. The van der Waals surface area contributed by atoms with Gasteiger partial charge in [0.05, 0.1) is 22.9 Å². The second-order valence-corrected chi connectivity index (χ2v) is 7.39. The number of H-pyrrole nitrogens is 2. The number of rotatable bonds is 8. The standard InChI is InChI=1S/C23H22N4O4/c28-21(11-5-10-20-25-18-9-4-2-7-16(18)22(29)27-20)26-19(23(30)31)12-14-13-24-17-8-3-1-6-15(14)17/h1-4,6-9,13,19,24H,5,10-12H2,(H,26,28)(H,30,31)(H,25,27,29)/p-1/t19-/m1/s1. The molecule has 158 valence electrons. The number of aromatic nitrogens is 3. The average Bonchev–Trinajstić information content (AvgIpc) is 3.16. The van der Waals surface area contributed by atoms with Crippen LogP contribution in [0.2, 0.25) is 0 Å². The highest BCUT2D eigenvalue weighted by atomic mass is 16.4. The number of benzene rings is 2. The van der Waals surface area contributed by atoms with Crippen molar-refractivity contribution in [3.05, 3.63) is 76.5 Å². The van der Waals surface area contributed by atoms with Crippen molar-refractivity contribution in [2.45, 2.75) is 31.7 Å². The Morgan fingerprint density at radius 2 is 1.81 bits per heavy atom. The Balaban J connectivity index is 1.35. The molecule has 4 rings (SSSR count). The molecule has 8 heteroatoms. The van der Waals surface area contributed by atoms with Crippen LogP contribution < -0.4 is 16.0 Å². The highest BCUT2D eigenvalue weighted by Gasteiger charge is 2.16. The minimum Gasteiger partial charge on any atom is -0.548 e. The zero-order valence-corrected chi connectivity index (χ0v) is 16.7. The summed E-state index contributed by atoms with van der Waals surface area (Å²) < 4.78 is 0. The zero-order valence-electron chi connectivity index (χ0n) is 16.7. The molecule has 1 atom stereocenters. The number of hydrogen-bond acceptors (Lipinski definition) is 5. The van der Waals surface area contributed by atoms with Crippen LogP contribution in [0.5, 0.6) is 0 Å². The Labute approximate surface area is 177 Å². The van der Waals surface area contributed by atoms with Crippen molar-refractivity contribution in [2.75, 3.05) is 0 Å². The van der Waals surface area contributed by atoms with Crippen LogP contribution in [0.3, 0.4) is 0 Å². The summed E-state index contributed by atoms with van der Waals surface area (Å²) in [6.07, 6.45) is 2.78. The van der Waals surface area contributed by atoms with E-state index in [9.17, 15) is 19.5 Å². The number of aliphatic carboxylic acids is 1. The summed E-state index contributed by atoms with van der Waals surface area (Å²) in [5, 5.41) is 15.5. The second kappa shape index (κ2) is 8.83. The molecule has 2 aromatic carbocycles. The topological polar surface area (TPSA) is 131 Å². The smallest absolute Gasteiger partial charge is 0.258 e. The molecule has 8 nitrogen and oxygen atoms in total.